The van der Waals surface area contributed by atoms with E-state index in [-0.39, 0.29) is 11.7 Å². The Morgan fingerprint density at radius 3 is 3.00 bits per heavy atom. The minimum Gasteiger partial charge on any atom is -0.370 e. The van der Waals surface area contributed by atoms with Crippen molar-refractivity contribution in [2.24, 2.45) is 16.6 Å². The molecule has 0 saturated carbocycles. The van der Waals surface area contributed by atoms with Crippen molar-refractivity contribution in [1.82, 2.24) is 10.2 Å². The van der Waals surface area contributed by atoms with Crippen LogP contribution in [0.2, 0.25) is 0 Å². The molecule has 144 valence electrons. The van der Waals surface area contributed by atoms with E-state index < -0.39 is 0 Å². The molecule has 0 bridgehead atoms. The van der Waals surface area contributed by atoms with Gasteiger partial charge in [0.05, 0.1) is 6.54 Å². The van der Waals surface area contributed by atoms with Crippen LogP contribution in [-0.4, -0.2) is 48.7 Å². The summed E-state index contributed by atoms with van der Waals surface area (Å²) in [6.45, 7) is 5.30. The zero-order valence-corrected chi connectivity index (χ0v) is 16.2. The lowest BCUT2D eigenvalue weighted by molar-refractivity contribution is -0.119. The van der Waals surface area contributed by atoms with Gasteiger partial charge in [-0.2, -0.15) is 11.8 Å². The SMILES string of the molecule is CCNC(=NCCSCc1ccccc1F)N1CCCC(CC(N)=O)C1. The number of primary amides is 1. The van der Waals surface area contributed by atoms with Gasteiger partial charge in [0.25, 0.3) is 0 Å². The van der Waals surface area contributed by atoms with E-state index in [1.165, 1.54) is 6.07 Å². The number of aliphatic imine (C=N–C) groups is 1. The molecular formula is C19H29FN4OS. The summed E-state index contributed by atoms with van der Waals surface area (Å²) >= 11 is 1.68. The smallest absolute Gasteiger partial charge is 0.217 e. The summed E-state index contributed by atoms with van der Waals surface area (Å²) < 4.78 is 13.6. The number of guanidine groups is 1. The van der Waals surface area contributed by atoms with E-state index in [4.69, 9.17) is 10.7 Å². The van der Waals surface area contributed by atoms with Crippen molar-refractivity contribution in [2.45, 2.75) is 31.9 Å². The summed E-state index contributed by atoms with van der Waals surface area (Å²) in [7, 11) is 0. The van der Waals surface area contributed by atoms with E-state index in [0.29, 0.717) is 24.6 Å². The zero-order chi connectivity index (χ0) is 18.8. The van der Waals surface area contributed by atoms with Crippen LogP contribution < -0.4 is 11.1 Å². The van der Waals surface area contributed by atoms with E-state index in [1.54, 1.807) is 17.8 Å². The number of thioether (sulfide) groups is 1. The van der Waals surface area contributed by atoms with Gasteiger partial charge in [0.1, 0.15) is 5.82 Å². The Kier molecular flexibility index (Phi) is 8.74. The second kappa shape index (κ2) is 11.1. The molecule has 1 unspecified atom stereocenters. The maximum absolute atomic E-state index is 13.6. The van der Waals surface area contributed by atoms with Crippen LogP contribution in [0, 0.1) is 11.7 Å². The number of benzene rings is 1. The van der Waals surface area contributed by atoms with Crippen LogP contribution in [0.5, 0.6) is 0 Å². The Balaban J connectivity index is 1.82. The molecule has 1 aromatic carbocycles. The molecule has 1 aromatic rings. The standard InChI is InChI=1S/C19H29FN4OS/c1-2-22-19(24-10-5-6-15(13-24)12-18(21)25)23-9-11-26-14-16-7-3-4-8-17(16)20/h3-4,7-8,15H,2,5-6,9-14H2,1H3,(H2,21,25)(H,22,23). The maximum Gasteiger partial charge on any atom is 0.217 e. The van der Waals surface area contributed by atoms with Crippen LogP contribution in [0.3, 0.4) is 0 Å². The Hall–Kier alpha value is -1.76. The van der Waals surface area contributed by atoms with Crippen molar-refractivity contribution < 1.29 is 9.18 Å². The van der Waals surface area contributed by atoms with Crippen molar-refractivity contribution in [3.63, 3.8) is 0 Å². The summed E-state index contributed by atoms with van der Waals surface area (Å²) in [5.41, 5.74) is 6.08. The Morgan fingerprint density at radius 2 is 2.27 bits per heavy atom. The summed E-state index contributed by atoms with van der Waals surface area (Å²) in [6, 6.07) is 6.89. The van der Waals surface area contributed by atoms with E-state index in [0.717, 1.165) is 49.8 Å². The van der Waals surface area contributed by atoms with Gasteiger partial charge in [-0.15, -0.1) is 0 Å². The first-order chi connectivity index (χ1) is 12.6. The molecule has 7 heteroatoms. The molecule has 1 heterocycles. The topological polar surface area (TPSA) is 70.7 Å². The molecule has 0 radical (unpaired) electrons. The number of nitrogens with one attached hydrogen (secondary N) is 1. The number of rotatable bonds is 8. The van der Waals surface area contributed by atoms with Crippen molar-refractivity contribution in [1.29, 1.82) is 0 Å². The number of hydrogen-bond donors (Lipinski definition) is 2. The monoisotopic (exact) mass is 380 g/mol. The third-order valence-corrected chi connectivity index (χ3v) is 5.34. The number of nitrogens with zero attached hydrogens (tertiary/aromatic N) is 2. The first-order valence-corrected chi connectivity index (χ1v) is 10.4. The van der Waals surface area contributed by atoms with Crippen LogP contribution in [0.1, 0.15) is 31.7 Å². The Labute approximate surface area is 159 Å². The number of amides is 1. The molecule has 1 amide bonds. The van der Waals surface area contributed by atoms with Gasteiger partial charge in [0.2, 0.25) is 5.91 Å². The average molecular weight is 381 g/mol. The lowest BCUT2D eigenvalue weighted by Gasteiger charge is -2.34. The van der Waals surface area contributed by atoms with Gasteiger partial charge in [-0.3, -0.25) is 9.79 Å². The first-order valence-electron chi connectivity index (χ1n) is 9.22. The molecule has 0 aliphatic carbocycles. The highest BCUT2D eigenvalue weighted by Gasteiger charge is 2.23. The van der Waals surface area contributed by atoms with Crippen LogP contribution in [-0.2, 0) is 10.5 Å². The molecule has 0 spiro atoms. The minimum absolute atomic E-state index is 0.148. The number of carbonyl (C=O) groups excluding carboxylic acids is 1. The van der Waals surface area contributed by atoms with E-state index in [2.05, 4.69) is 10.2 Å². The lowest BCUT2D eigenvalue weighted by atomic mass is 9.95. The van der Waals surface area contributed by atoms with Crippen LogP contribution >= 0.6 is 11.8 Å². The third-order valence-electron chi connectivity index (χ3n) is 4.36. The highest BCUT2D eigenvalue weighted by molar-refractivity contribution is 7.98. The van der Waals surface area contributed by atoms with Gasteiger partial charge >= 0.3 is 0 Å². The van der Waals surface area contributed by atoms with Crippen molar-refractivity contribution in [2.75, 3.05) is 31.9 Å². The summed E-state index contributed by atoms with van der Waals surface area (Å²) in [5, 5.41) is 3.33. The Bertz CT molecular complexity index is 611. The van der Waals surface area contributed by atoms with Crippen LogP contribution in [0.4, 0.5) is 4.39 Å². The molecule has 1 aliphatic rings. The average Bonchev–Trinajstić information content (AvgIpc) is 2.61. The van der Waals surface area contributed by atoms with Gasteiger partial charge in [-0.1, -0.05) is 18.2 Å². The molecule has 1 aliphatic heterocycles. The van der Waals surface area contributed by atoms with Gasteiger partial charge in [-0.05, 0) is 37.3 Å². The Morgan fingerprint density at radius 1 is 1.46 bits per heavy atom. The number of nitrogens with two attached hydrogens (primary N) is 1. The van der Waals surface area contributed by atoms with E-state index in [1.807, 2.05) is 19.1 Å². The van der Waals surface area contributed by atoms with Gasteiger partial charge in [0.15, 0.2) is 5.96 Å². The largest absolute Gasteiger partial charge is 0.370 e. The minimum atomic E-state index is -0.233. The third kappa shape index (κ3) is 6.86. The predicted octanol–water partition coefficient (Wildman–Crippen LogP) is 2.61. The van der Waals surface area contributed by atoms with Gasteiger partial charge < -0.3 is 16.0 Å². The number of halogens is 1. The second-order valence-corrected chi connectivity index (χ2v) is 7.61. The summed E-state index contributed by atoms with van der Waals surface area (Å²) in [4.78, 5) is 18.1. The van der Waals surface area contributed by atoms with Gasteiger partial charge in [-0.25, -0.2) is 4.39 Å². The van der Waals surface area contributed by atoms with Crippen molar-refractivity contribution in [3.05, 3.63) is 35.6 Å². The second-order valence-electron chi connectivity index (χ2n) is 6.50. The number of hydrogen-bond acceptors (Lipinski definition) is 3. The first kappa shape index (κ1) is 20.6. The lowest BCUT2D eigenvalue weighted by Crippen LogP contribution is -2.47. The molecule has 0 aromatic heterocycles. The quantitative estimate of drug-likeness (QED) is 0.413. The molecule has 26 heavy (non-hydrogen) atoms. The maximum atomic E-state index is 13.6. The van der Waals surface area contributed by atoms with E-state index >= 15 is 0 Å². The number of likely N-dealkylation sites (tertiary alicyclic amines) is 1. The van der Waals surface area contributed by atoms with Crippen molar-refractivity contribution >= 4 is 23.6 Å². The molecule has 1 atom stereocenters. The fourth-order valence-electron chi connectivity index (χ4n) is 3.15. The summed E-state index contributed by atoms with van der Waals surface area (Å²) in [5.74, 6) is 2.31. The highest BCUT2D eigenvalue weighted by atomic mass is 32.2. The molecule has 2 rings (SSSR count). The highest BCUT2D eigenvalue weighted by Crippen LogP contribution is 2.19. The molecule has 1 fully saturated rings. The van der Waals surface area contributed by atoms with Crippen molar-refractivity contribution in [3.8, 4) is 0 Å². The molecule has 3 N–H and O–H groups in total. The fourth-order valence-corrected chi connectivity index (χ4v) is 3.97. The number of piperidine rings is 1. The summed E-state index contributed by atoms with van der Waals surface area (Å²) in [6.07, 6.45) is 2.52. The van der Waals surface area contributed by atoms with E-state index in [9.17, 15) is 9.18 Å². The fraction of sp³-hybridized carbons (Fsp3) is 0.579. The normalized spacial score (nSPS) is 18.0. The predicted molar refractivity (Wildman–Crippen MR) is 107 cm³/mol. The van der Waals surface area contributed by atoms with Crippen LogP contribution in [0.25, 0.3) is 0 Å². The van der Waals surface area contributed by atoms with Crippen LogP contribution in [0.15, 0.2) is 29.3 Å². The zero-order valence-electron chi connectivity index (χ0n) is 15.4. The molecule has 5 nitrogen and oxygen atoms in total. The molecular weight excluding hydrogens is 351 g/mol. The molecule has 1 saturated heterocycles. The number of carbonyl (C=O) groups is 1. The van der Waals surface area contributed by atoms with Gasteiger partial charge in [0, 0.05) is 37.6 Å².